The highest BCUT2D eigenvalue weighted by Crippen LogP contribution is 2.20. The number of nitrogens with one attached hydrogen (secondary N) is 1. The van der Waals surface area contributed by atoms with Crippen molar-refractivity contribution in [1.29, 1.82) is 0 Å². The van der Waals surface area contributed by atoms with Gasteiger partial charge >= 0.3 is 0 Å². The second-order valence-corrected chi connectivity index (χ2v) is 6.40. The molecule has 0 fully saturated rings. The Labute approximate surface area is 138 Å². The molecular formula is C16H17N5OS. The fraction of sp³-hybridized carbons (Fsp3) is 0.250. The van der Waals surface area contributed by atoms with Crippen LogP contribution in [-0.2, 0) is 11.3 Å². The summed E-state index contributed by atoms with van der Waals surface area (Å²) in [5.41, 5.74) is 1.96. The average Bonchev–Trinajstić information content (AvgIpc) is 3.18. The van der Waals surface area contributed by atoms with Crippen LogP contribution in [0.15, 0.2) is 41.8 Å². The summed E-state index contributed by atoms with van der Waals surface area (Å²) in [4.78, 5) is 14.4. The molecule has 6 nitrogen and oxygen atoms in total. The Hall–Kier alpha value is -2.54. The summed E-state index contributed by atoms with van der Waals surface area (Å²) >= 11 is 1.54. The Morgan fingerprint density at radius 1 is 1.30 bits per heavy atom. The SMILES string of the molecule is CC(C)c1cccc(NC(=O)Cn2nnc(-c3cccs3)n2)c1. The third-order valence-corrected chi connectivity index (χ3v) is 4.18. The number of tetrazole rings is 1. The Bertz CT molecular complexity index is 794. The van der Waals surface area contributed by atoms with Crippen LogP contribution in [-0.4, -0.2) is 26.1 Å². The number of nitrogens with zero attached hydrogens (tertiary/aromatic N) is 4. The molecule has 0 aliphatic rings. The monoisotopic (exact) mass is 327 g/mol. The fourth-order valence-electron chi connectivity index (χ4n) is 2.12. The Morgan fingerprint density at radius 3 is 2.91 bits per heavy atom. The van der Waals surface area contributed by atoms with Gasteiger partial charge in [0.1, 0.15) is 6.54 Å². The van der Waals surface area contributed by atoms with E-state index in [0.717, 1.165) is 10.6 Å². The van der Waals surface area contributed by atoms with Gasteiger partial charge in [0.05, 0.1) is 4.88 Å². The lowest BCUT2D eigenvalue weighted by Gasteiger charge is -2.09. The van der Waals surface area contributed by atoms with Gasteiger partial charge in [0, 0.05) is 5.69 Å². The van der Waals surface area contributed by atoms with E-state index in [-0.39, 0.29) is 12.5 Å². The fourth-order valence-corrected chi connectivity index (χ4v) is 2.77. The molecule has 7 heteroatoms. The quantitative estimate of drug-likeness (QED) is 0.781. The third-order valence-electron chi connectivity index (χ3n) is 3.32. The zero-order chi connectivity index (χ0) is 16.2. The van der Waals surface area contributed by atoms with Crippen LogP contribution in [0.4, 0.5) is 5.69 Å². The van der Waals surface area contributed by atoms with E-state index in [0.29, 0.717) is 11.7 Å². The van der Waals surface area contributed by atoms with E-state index < -0.39 is 0 Å². The van der Waals surface area contributed by atoms with Crippen LogP contribution in [0, 0.1) is 0 Å². The number of rotatable bonds is 5. The number of anilines is 1. The lowest BCUT2D eigenvalue weighted by Crippen LogP contribution is -2.20. The molecular weight excluding hydrogens is 310 g/mol. The Kier molecular flexibility index (Phi) is 4.47. The zero-order valence-corrected chi connectivity index (χ0v) is 13.7. The molecule has 0 aliphatic heterocycles. The number of aromatic nitrogens is 4. The van der Waals surface area contributed by atoms with Gasteiger partial charge in [-0.25, -0.2) is 0 Å². The summed E-state index contributed by atoms with van der Waals surface area (Å²) < 4.78 is 0. The highest BCUT2D eigenvalue weighted by Gasteiger charge is 2.10. The van der Waals surface area contributed by atoms with E-state index in [1.165, 1.54) is 21.7 Å². The van der Waals surface area contributed by atoms with Gasteiger partial charge in [0.2, 0.25) is 11.7 Å². The number of benzene rings is 1. The minimum atomic E-state index is -0.180. The third kappa shape index (κ3) is 3.81. The van der Waals surface area contributed by atoms with E-state index in [1.807, 2.05) is 41.8 Å². The second kappa shape index (κ2) is 6.70. The molecule has 2 heterocycles. The molecule has 118 valence electrons. The van der Waals surface area contributed by atoms with Gasteiger partial charge in [0.15, 0.2) is 0 Å². The van der Waals surface area contributed by atoms with E-state index >= 15 is 0 Å². The van der Waals surface area contributed by atoms with Crippen molar-refractivity contribution in [1.82, 2.24) is 20.2 Å². The number of carbonyl (C=O) groups excluding carboxylic acids is 1. The summed E-state index contributed by atoms with van der Waals surface area (Å²) in [6.45, 7) is 4.27. The molecule has 0 spiro atoms. The maximum atomic E-state index is 12.1. The lowest BCUT2D eigenvalue weighted by atomic mass is 10.0. The minimum Gasteiger partial charge on any atom is -0.324 e. The summed E-state index contributed by atoms with van der Waals surface area (Å²) in [5.74, 6) is 0.771. The van der Waals surface area contributed by atoms with Crippen molar-refractivity contribution in [3.05, 3.63) is 47.3 Å². The van der Waals surface area contributed by atoms with Gasteiger partial charge in [0.25, 0.3) is 0 Å². The molecule has 2 aromatic heterocycles. The molecule has 3 rings (SSSR count). The molecule has 1 N–H and O–H groups in total. The van der Waals surface area contributed by atoms with Crippen LogP contribution in [0.3, 0.4) is 0 Å². The first kappa shape index (κ1) is 15.4. The maximum Gasteiger partial charge on any atom is 0.248 e. The van der Waals surface area contributed by atoms with Gasteiger partial charge in [-0.2, -0.15) is 4.80 Å². The summed E-state index contributed by atoms with van der Waals surface area (Å²) in [7, 11) is 0. The smallest absolute Gasteiger partial charge is 0.248 e. The van der Waals surface area contributed by atoms with Crippen molar-refractivity contribution < 1.29 is 4.79 Å². The number of thiophene rings is 1. The zero-order valence-electron chi connectivity index (χ0n) is 12.9. The first-order chi connectivity index (χ1) is 11.1. The van der Waals surface area contributed by atoms with Gasteiger partial charge < -0.3 is 5.32 Å². The van der Waals surface area contributed by atoms with Gasteiger partial charge in [-0.15, -0.1) is 21.5 Å². The molecule has 0 atom stereocenters. The predicted octanol–water partition coefficient (Wildman–Crippen LogP) is 3.16. The predicted molar refractivity (Wildman–Crippen MR) is 90.3 cm³/mol. The van der Waals surface area contributed by atoms with E-state index in [2.05, 4.69) is 34.6 Å². The van der Waals surface area contributed by atoms with Crippen LogP contribution in [0.25, 0.3) is 10.7 Å². The lowest BCUT2D eigenvalue weighted by molar-refractivity contribution is -0.117. The Balaban J connectivity index is 1.64. The van der Waals surface area contributed by atoms with Crippen LogP contribution in [0.5, 0.6) is 0 Å². The topological polar surface area (TPSA) is 72.7 Å². The molecule has 0 radical (unpaired) electrons. The van der Waals surface area contributed by atoms with Gasteiger partial charge in [-0.05, 0) is 40.3 Å². The molecule has 0 bridgehead atoms. The Morgan fingerprint density at radius 2 is 2.17 bits per heavy atom. The number of amides is 1. The number of hydrogen-bond donors (Lipinski definition) is 1. The van der Waals surface area contributed by atoms with Gasteiger partial charge in [-0.1, -0.05) is 32.0 Å². The highest BCUT2D eigenvalue weighted by molar-refractivity contribution is 7.13. The normalized spacial score (nSPS) is 10.9. The molecule has 0 aliphatic carbocycles. The average molecular weight is 327 g/mol. The molecule has 0 saturated heterocycles. The molecule has 1 amide bonds. The molecule has 23 heavy (non-hydrogen) atoms. The van der Waals surface area contributed by atoms with Crippen molar-refractivity contribution in [2.45, 2.75) is 26.3 Å². The first-order valence-corrected chi connectivity index (χ1v) is 8.21. The number of hydrogen-bond acceptors (Lipinski definition) is 5. The van der Waals surface area contributed by atoms with Crippen LogP contribution in [0.1, 0.15) is 25.3 Å². The van der Waals surface area contributed by atoms with E-state index in [4.69, 9.17) is 0 Å². The minimum absolute atomic E-state index is 0.0320. The maximum absolute atomic E-state index is 12.1. The van der Waals surface area contributed by atoms with Crippen molar-refractivity contribution >= 4 is 22.9 Å². The standard InChI is InChI=1S/C16H17N5OS/c1-11(2)12-5-3-6-13(9-12)17-15(22)10-21-19-16(18-20-21)14-7-4-8-23-14/h3-9,11H,10H2,1-2H3,(H,17,22). The first-order valence-electron chi connectivity index (χ1n) is 7.33. The van der Waals surface area contributed by atoms with Crippen molar-refractivity contribution in [2.75, 3.05) is 5.32 Å². The van der Waals surface area contributed by atoms with Crippen molar-refractivity contribution in [3.63, 3.8) is 0 Å². The van der Waals surface area contributed by atoms with Crippen LogP contribution < -0.4 is 5.32 Å². The summed E-state index contributed by atoms with van der Waals surface area (Å²) in [6.07, 6.45) is 0. The highest BCUT2D eigenvalue weighted by atomic mass is 32.1. The molecule has 3 aromatic rings. The van der Waals surface area contributed by atoms with Crippen LogP contribution in [0.2, 0.25) is 0 Å². The molecule has 0 unspecified atom stereocenters. The summed E-state index contributed by atoms with van der Waals surface area (Å²) in [6, 6.07) is 11.7. The largest absolute Gasteiger partial charge is 0.324 e. The molecule has 0 saturated carbocycles. The van der Waals surface area contributed by atoms with E-state index in [1.54, 1.807) is 0 Å². The van der Waals surface area contributed by atoms with Crippen molar-refractivity contribution in [2.24, 2.45) is 0 Å². The molecule has 1 aromatic carbocycles. The van der Waals surface area contributed by atoms with Gasteiger partial charge in [-0.3, -0.25) is 4.79 Å². The van der Waals surface area contributed by atoms with Crippen molar-refractivity contribution in [3.8, 4) is 10.7 Å². The summed E-state index contributed by atoms with van der Waals surface area (Å²) in [5, 5.41) is 16.9. The second-order valence-electron chi connectivity index (χ2n) is 5.45. The van der Waals surface area contributed by atoms with E-state index in [9.17, 15) is 4.79 Å². The number of carbonyl (C=O) groups is 1. The van der Waals surface area contributed by atoms with Crippen LogP contribution >= 0.6 is 11.3 Å².